The van der Waals surface area contributed by atoms with Crippen molar-refractivity contribution in [2.75, 3.05) is 0 Å². The highest BCUT2D eigenvalue weighted by molar-refractivity contribution is 6.31. The van der Waals surface area contributed by atoms with E-state index in [9.17, 15) is 0 Å². The van der Waals surface area contributed by atoms with Crippen molar-refractivity contribution in [3.05, 3.63) is 34.5 Å². The zero-order valence-corrected chi connectivity index (χ0v) is 9.56. The monoisotopic (exact) mass is 219 g/mol. The number of aromatic amines is 1. The Morgan fingerprint density at radius 1 is 1.40 bits per heavy atom. The fraction of sp³-hybridized carbons (Fsp3) is 0.385. The lowest BCUT2D eigenvalue weighted by atomic mass is 9.88. The Labute approximate surface area is 94.4 Å². The molecule has 0 saturated carbocycles. The van der Waals surface area contributed by atoms with Gasteiger partial charge in [-0.2, -0.15) is 0 Å². The van der Waals surface area contributed by atoms with Gasteiger partial charge in [-0.25, -0.2) is 0 Å². The lowest BCUT2D eigenvalue weighted by Crippen LogP contribution is -2.09. The molecule has 15 heavy (non-hydrogen) atoms. The fourth-order valence-electron chi connectivity index (χ4n) is 2.56. The Bertz CT molecular complexity index is 512. The average Bonchev–Trinajstić information content (AvgIpc) is 2.56. The van der Waals surface area contributed by atoms with Gasteiger partial charge < -0.3 is 4.98 Å². The molecule has 0 spiro atoms. The highest BCUT2D eigenvalue weighted by atomic mass is 35.5. The molecule has 1 N–H and O–H groups in total. The number of H-pyrrole nitrogens is 1. The summed E-state index contributed by atoms with van der Waals surface area (Å²) in [5.41, 5.74) is 4.15. The van der Waals surface area contributed by atoms with E-state index in [0.717, 1.165) is 10.9 Å². The zero-order valence-electron chi connectivity index (χ0n) is 8.81. The third kappa shape index (κ3) is 1.46. The molecule has 1 aliphatic rings. The number of aryl methyl sites for hydroxylation is 1. The summed E-state index contributed by atoms with van der Waals surface area (Å²) in [5.74, 6) is 0.801. The molecule has 1 unspecified atom stereocenters. The Hall–Kier alpha value is -0.950. The van der Waals surface area contributed by atoms with Gasteiger partial charge in [0.2, 0.25) is 0 Å². The van der Waals surface area contributed by atoms with Gasteiger partial charge >= 0.3 is 0 Å². The summed E-state index contributed by atoms with van der Waals surface area (Å²) >= 11 is 6.04. The third-order valence-corrected chi connectivity index (χ3v) is 3.63. The van der Waals surface area contributed by atoms with Gasteiger partial charge in [-0.15, -0.1) is 0 Å². The molecule has 78 valence electrons. The van der Waals surface area contributed by atoms with E-state index in [1.807, 2.05) is 6.07 Å². The van der Waals surface area contributed by atoms with Crippen LogP contribution < -0.4 is 0 Å². The standard InChI is InChI=1S/C13H14ClN/c1-8-2-4-12-10(6-8)11-7-9(14)3-5-13(11)15-12/h3,5,7-8,15H,2,4,6H2,1H3. The first-order valence-electron chi connectivity index (χ1n) is 5.53. The van der Waals surface area contributed by atoms with Gasteiger partial charge in [0.25, 0.3) is 0 Å². The van der Waals surface area contributed by atoms with Crippen LogP contribution >= 0.6 is 11.6 Å². The summed E-state index contributed by atoms with van der Waals surface area (Å²) in [7, 11) is 0. The van der Waals surface area contributed by atoms with E-state index in [1.165, 1.54) is 41.4 Å². The maximum absolute atomic E-state index is 6.04. The summed E-state index contributed by atoms with van der Waals surface area (Å²) in [6.07, 6.45) is 3.67. The van der Waals surface area contributed by atoms with Crippen molar-refractivity contribution in [1.82, 2.24) is 4.98 Å². The van der Waals surface area contributed by atoms with Crippen LogP contribution in [0.5, 0.6) is 0 Å². The smallest absolute Gasteiger partial charge is 0.0460 e. The normalized spacial score (nSPS) is 20.5. The Balaban J connectivity index is 2.25. The lowest BCUT2D eigenvalue weighted by molar-refractivity contribution is 0.499. The minimum absolute atomic E-state index is 0.801. The molecule has 2 heteroatoms. The molecule has 1 aromatic heterocycles. The zero-order chi connectivity index (χ0) is 10.4. The number of benzene rings is 1. The Morgan fingerprint density at radius 2 is 2.27 bits per heavy atom. The quantitative estimate of drug-likeness (QED) is 0.691. The summed E-state index contributed by atoms with van der Waals surface area (Å²) in [5, 5.41) is 2.16. The minimum atomic E-state index is 0.801. The number of halogens is 1. The molecule has 0 fully saturated rings. The van der Waals surface area contributed by atoms with E-state index < -0.39 is 0 Å². The second kappa shape index (κ2) is 3.28. The molecular formula is C13H14ClN. The van der Waals surface area contributed by atoms with Crippen LogP contribution in [-0.2, 0) is 12.8 Å². The number of rotatable bonds is 0. The summed E-state index contributed by atoms with van der Waals surface area (Å²) in [6, 6.07) is 6.13. The van der Waals surface area contributed by atoms with Crippen LogP contribution in [0.4, 0.5) is 0 Å². The van der Waals surface area contributed by atoms with E-state index >= 15 is 0 Å². The molecule has 0 saturated heterocycles. The van der Waals surface area contributed by atoms with Gasteiger partial charge in [0.05, 0.1) is 0 Å². The largest absolute Gasteiger partial charge is 0.358 e. The molecule has 1 atom stereocenters. The van der Waals surface area contributed by atoms with Crippen molar-refractivity contribution < 1.29 is 0 Å². The SMILES string of the molecule is CC1CCc2[nH]c3ccc(Cl)cc3c2C1. The van der Waals surface area contributed by atoms with Gasteiger partial charge in [-0.3, -0.25) is 0 Å². The average molecular weight is 220 g/mol. The first-order chi connectivity index (χ1) is 7.24. The molecule has 1 nitrogen and oxygen atoms in total. The van der Waals surface area contributed by atoms with Crippen molar-refractivity contribution in [3.63, 3.8) is 0 Å². The molecule has 0 amide bonds. The van der Waals surface area contributed by atoms with E-state index in [2.05, 4.69) is 24.0 Å². The number of hydrogen-bond donors (Lipinski definition) is 1. The van der Waals surface area contributed by atoms with E-state index in [1.54, 1.807) is 0 Å². The predicted molar refractivity (Wildman–Crippen MR) is 64.5 cm³/mol. The van der Waals surface area contributed by atoms with E-state index in [-0.39, 0.29) is 0 Å². The van der Waals surface area contributed by atoms with Crippen molar-refractivity contribution in [2.45, 2.75) is 26.2 Å². The number of hydrogen-bond acceptors (Lipinski definition) is 0. The first kappa shape index (κ1) is 9.29. The fourth-order valence-corrected chi connectivity index (χ4v) is 2.74. The first-order valence-corrected chi connectivity index (χ1v) is 5.91. The maximum Gasteiger partial charge on any atom is 0.0460 e. The summed E-state index contributed by atoms with van der Waals surface area (Å²) < 4.78 is 0. The Kier molecular flexibility index (Phi) is 2.03. The second-order valence-corrected chi connectivity index (χ2v) is 5.06. The molecule has 1 heterocycles. The van der Waals surface area contributed by atoms with Gasteiger partial charge in [0.15, 0.2) is 0 Å². The highest BCUT2D eigenvalue weighted by Gasteiger charge is 2.19. The van der Waals surface area contributed by atoms with Crippen LogP contribution in [0.1, 0.15) is 24.6 Å². The minimum Gasteiger partial charge on any atom is -0.358 e. The highest BCUT2D eigenvalue weighted by Crippen LogP contribution is 2.32. The lowest BCUT2D eigenvalue weighted by Gasteiger charge is -2.18. The van der Waals surface area contributed by atoms with Gasteiger partial charge in [-0.05, 0) is 48.9 Å². The van der Waals surface area contributed by atoms with E-state index in [4.69, 9.17) is 11.6 Å². The molecule has 1 aliphatic carbocycles. The van der Waals surface area contributed by atoms with Crippen molar-refractivity contribution in [1.29, 1.82) is 0 Å². The van der Waals surface area contributed by atoms with Crippen LogP contribution in [0.25, 0.3) is 10.9 Å². The predicted octanol–water partition coefficient (Wildman–Crippen LogP) is 3.95. The number of nitrogens with one attached hydrogen (secondary N) is 1. The third-order valence-electron chi connectivity index (χ3n) is 3.40. The topological polar surface area (TPSA) is 15.8 Å². The maximum atomic E-state index is 6.04. The molecule has 1 aromatic carbocycles. The summed E-state index contributed by atoms with van der Waals surface area (Å²) in [4.78, 5) is 3.51. The van der Waals surface area contributed by atoms with Crippen molar-refractivity contribution >= 4 is 22.5 Å². The van der Waals surface area contributed by atoms with Crippen LogP contribution in [0.2, 0.25) is 5.02 Å². The molecule has 0 radical (unpaired) electrons. The molecule has 0 aliphatic heterocycles. The second-order valence-electron chi connectivity index (χ2n) is 4.62. The van der Waals surface area contributed by atoms with Crippen molar-refractivity contribution in [3.8, 4) is 0 Å². The van der Waals surface area contributed by atoms with Gasteiger partial charge in [0.1, 0.15) is 0 Å². The van der Waals surface area contributed by atoms with E-state index in [0.29, 0.717) is 0 Å². The molecule has 0 bridgehead atoms. The van der Waals surface area contributed by atoms with Gasteiger partial charge in [0, 0.05) is 21.6 Å². The van der Waals surface area contributed by atoms with Crippen LogP contribution in [0.15, 0.2) is 18.2 Å². The molecular weight excluding hydrogens is 206 g/mol. The number of fused-ring (bicyclic) bond motifs is 3. The van der Waals surface area contributed by atoms with Crippen LogP contribution in [-0.4, -0.2) is 4.98 Å². The van der Waals surface area contributed by atoms with Crippen molar-refractivity contribution in [2.24, 2.45) is 5.92 Å². The van der Waals surface area contributed by atoms with Crippen LogP contribution in [0, 0.1) is 5.92 Å². The Morgan fingerprint density at radius 3 is 3.13 bits per heavy atom. The number of aromatic nitrogens is 1. The molecule has 3 rings (SSSR count). The van der Waals surface area contributed by atoms with Gasteiger partial charge in [-0.1, -0.05) is 18.5 Å². The molecule has 2 aromatic rings. The van der Waals surface area contributed by atoms with Crippen LogP contribution in [0.3, 0.4) is 0 Å². The summed E-state index contributed by atoms with van der Waals surface area (Å²) in [6.45, 7) is 2.33.